The summed E-state index contributed by atoms with van der Waals surface area (Å²) in [4.78, 5) is 37.0. The molecular weight excluding hydrogens is 366 g/mol. The van der Waals surface area contributed by atoms with Crippen molar-refractivity contribution in [3.63, 3.8) is 0 Å². The third-order valence-corrected chi connectivity index (χ3v) is 5.29. The second-order valence-corrected chi connectivity index (χ2v) is 8.45. The number of benzene rings is 1. The fourth-order valence-corrected chi connectivity index (χ4v) is 3.66. The van der Waals surface area contributed by atoms with E-state index in [-0.39, 0.29) is 18.4 Å². The molecule has 1 aromatic carbocycles. The van der Waals surface area contributed by atoms with Crippen LogP contribution in [-0.4, -0.2) is 58.0 Å². The second kappa shape index (κ2) is 9.64. The minimum Gasteiger partial charge on any atom is -0.481 e. The number of carboxylic acid groups (broad SMARTS) is 1. The van der Waals surface area contributed by atoms with Crippen molar-refractivity contribution in [2.75, 3.05) is 29.9 Å². The van der Waals surface area contributed by atoms with Crippen LogP contribution in [0.5, 0.6) is 0 Å². The van der Waals surface area contributed by atoms with Gasteiger partial charge in [0.1, 0.15) is 0 Å². The smallest absolute Gasteiger partial charge is 0.319 e. The van der Waals surface area contributed by atoms with Gasteiger partial charge in [-0.3, -0.25) is 9.59 Å². The molecule has 1 heterocycles. The molecule has 1 saturated heterocycles. The summed E-state index contributed by atoms with van der Waals surface area (Å²) in [6, 6.07) is 6.81. The Morgan fingerprint density at radius 2 is 1.78 bits per heavy atom. The Hall–Kier alpha value is -2.22. The number of anilines is 1. The SMILES string of the molecule is CC(C)(CCC(=O)O)NC(=O)Nc1ccc(CC(=O)N2CCSCC2)cc1. The van der Waals surface area contributed by atoms with E-state index < -0.39 is 11.5 Å². The number of hydrogen-bond donors (Lipinski definition) is 3. The summed E-state index contributed by atoms with van der Waals surface area (Å²) >= 11 is 1.87. The molecule has 0 unspecified atom stereocenters. The van der Waals surface area contributed by atoms with Crippen molar-refractivity contribution in [1.82, 2.24) is 10.2 Å². The lowest BCUT2D eigenvalue weighted by molar-refractivity contribution is -0.137. The Balaban J connectivity index is 1.83. The van der Waals surface area contributed by atoms with Crippen LogP contribution in [0.25, 0.3) is 0 Å². The second-order valence-electron chi connectivity index (χ2n) is 7.22. The third-order valence-electron chi connectivity index (χ3n) is 4.35. The quantitative estimate of drug-likeness (QED) is 0.661. The van der Waals surface area contributed by atoms with Gasteiger partial charge in [0.25, 0.3) is 0 Å². The predicted octanol–water partition coefficient (Wildman–Crippen LogP) is 2.57. The van der Waals surface area contributed by atoms with Crippen LogP contribution in [0.1, 0.15) is 32.3 Å². The number of amides is 3. The highest BCUT2D eigenvalue weighted by Crippen LogP contribution is 2.15. The summed E-state index contributed by atoms with van der Waals surface area (Å²) in [5, 5.41) is 14.3. The fourth-order valence-electron chi connectivity index (χ4n) is 2.76. The number of carboxylic acids is 1. The highest BCUT2D eigenvalue weighted by molar-refractivity contribution is 7.99. The van der Waals surface area contributed by atoms with Crippen molar-refractivity contribution in [3.05, 3.63) is 29.8 Å². The van der Waals surface area contributed by atoms with E-state index in [9.17, 15) is 14.4 Å². The van der Waals surface area contributed by atoms with Crippen LogP contribution in [-0.2, 0) is 16.0 Å². The molecule has 3 N–H and O–H groups in total. The first-order valence-electron chi connectivity index (χ1n) is 9.00. The highest BCUT2D eigenvalue weighted by Gasteiger charge is 2.21. The molecular formula is C19H27N3O4S. The largest absolute Gasteiger partial charge is 0.481 e. The number of carbonyl (C=O) groups excluding carboxylic acids is 2. The Bertz CT molecular complexity index is 670. The van der Waals surface area contributed by atoms with Crippen LogP contribution in [0.15, 0.2) is 24.3 Å². The first-order valence-corrected chi connectivity index (χ1v) is 10.2. The van der Waals surface area contributed by atoms with E-state index in [1.54, 1.807) is 26.0 Å². The topological polar surface area (TPSA) is 98.7 Å². The standard InChI is InChI=1S/C19H27N3O4S/c1-19(2,8-7-17(24)25)21-18(26)20-15-5-3-14(4-6-15)13-16(23)22-9-11-27-12-10-22/h3-6H,7-13H2,1-2H3,(H,24,25)(H2,20,21,26). The van der Waals surface area contributed by atoms with E-state index in [2.05, 4.69) is 10.6 Å². The predicted molar refractivity (Wildman–Crippen MR) is 107 cm³/mol. The number of urea groups is 1. The van der Waals surface area contributed by atoms with Gasteiger partial charge in [-0.25, -0.2) is 4.79 Å². The summed E-state index contributed by atoms with van der Waals surface area (Å²) in [5.74, 6) is 1.23. The van der Waals surface area contributed by atoms with Crippen molar-refractivity contribution in [1.29, 1.82) is 0 Å². The lowest BCUT2D eigenvalue weighted by Crippen LogP contribution is -2.45. The molecule has 1 aliphatic heterocycles. The molecule has 0 atom stereocenters. The molecule has 0 aromatic heterocycles. The van der Waals surface area contributed by atoms with Crippen LogP contribution in [0.2, 0.25) is 0 Å². The summed E-state index contributed by atoms with van der Waals surface area (Å²) in [5.41, 5.74) is 0.903. The molecule has 27 heavy (non-hydrogen) atoms. The summed E-state index contributed by atoms with van der Waals surface area (Å²) in [6.45, 7) is 5.18. The van der Waals surface area contributed by atoms with Gasteiger partial charge in [0.2, 0.25) is 5.91 Å². The Morgan fingerprint density at radius 3 is 2.37 bits per heavy atom. The van der Waals surface area contributed by atoms with Crippen molar-refractivity contribution in [2.24, 2.45) is 0 Å². The van der Waals surface area contributed by atoms with Gasteiger partial charge in [-0.15, -0.1) is 0 Å². The number of thioether (sulfide) groups is 1. The lowest BCUT2D eigenvalue weighted by atomic mass is 9.99. The van der Waals surface area contributed by atoms with Gasteiger partial charge >= 0.3 is 12.0 Å². The molecule has 0 bridgehead atoms. The summed E-state index contributed by atoms with van der Waals surface area (Å²) < 4.78 is 0. The number of nitrogens with one attached hydrogen (secondary N) is 2. The number of aliphatic carboxylic acids is 1. The Morgan fingerprint density at radius 1 is 1.15 bits per heavy atom. The van der Waals surface area contributed by atoms with Crippen molar-refractivity contribution < 1.29 is 19.5 Å². The number of carbonyl (C=O) groups is 3. The molecule has 0 aliphatic carbocycles. The first kappa shape index (κ1) is 21.1. The monoisotopic (exact) mass is 393 g/mol. The maximum atomic E-state index is 12.3. The molecule has 1 aromatic rings. The average molecular weight is 394 g/mol. The van der Waals surface area contributed by atoms with E-state index in [4.69, 9.17) is 5.11 Å². The zero-order chi connectivity index (χ0) is 19.9. The van der Waals surface area contributed by atoms with Crippen molar-refractivity contribution in [2.45, 2.75) is 38.6 Å². The molecule has 148 valence electrons. The van der Waals surface area contributed by atoms with Gasteiger partial charge in [-0.05, 0) is 38.0 Å². The van der Waals surface area contributed by atoms with Crippen LogP contribution in [0.4, 0.5) is 10.5 Å². The van der Waals surface area contributed by atoms with Gasteiger partial charge < -0.3 is 20.6 Å². The Kier molecular flexibility index (Phi) is 7.53. The minimum absolute atomic E-state index is 0.00822. The van der Waals surface area contributed by atoms with E-state index in [0.717, 1.165) is 30.2 Å². The Labute approximate surface area is 163 Å². The molecule has 0 saturated carbocycles. The van der Waals surface area contributed by atoms with E-state index in [0.29, 0.717) is 18.5 Å². The van der Waals surface area contributed by atoms with E-state index >= 15 is 0 Å². The molecule has 1 aliphatic rings. The van der Waals surface area contributed by atoms with Gasteiger partial charge in [0.05, 0.1) is 6.42 Å². The van der Waals surface area contributed by atoms with E-state index in [1.807, 2.05) is 28.8 Å². The summed E-state index contributed by atoms with van der Waals surface area (Å²) in [6.07, 6.45) is 0.691. The maximum absolute atomic E-state index is 12.3. The molecule has 1 fully saturated rings. The number of nitrogens with zero attached hydrogens (tertiary/aromatic N) is 1. The van der Waals surface area contributed by atoms with Gasteiger partial charge in [0.15, 0.2) is 0 Å². The third kappa shape index (κ3) is 7.50. The lowest BCUT2D eigenvalue weighted by Gasteiger charge is -2.26. The molecule has 7 nitrogen and oxygen atoms in total. The van der Waals surface area contributed by atoms with Crippen LogP contribution >= 0.6 is 11.8 Å². The summed E-state index contributed by atoms with van der Waals surface area (Å²) in [7, 11) is 0. The average Bonchev–Trinajstić information content (AvgIpc) is 2.62. The van der Waals surface area contributed by atoms with Crippen molar-refractivity contribution in [3.8, 4) is 0 Å². The van der Waals surface area contributed by atoms with Crippen LogP contribution < -0.4 is 10.6 Å². The highest BCUT2D eigenvalue weighted by atomic mass is 32.2. The zero-order valence-electron chi connectivity index (χ0n) is 15.8. The minimum atomic E-state index is -0.890. The number of rotatable bonds is 7. The maximum Gasteiger partial charge on any atom is 0.319 e. The molecule has 3 amide bonds. The normalized spacial score (nSPS) is 14.5. The molecule has 0 radical (unpaired) electrons. The van der Waals surface area contributed by atoms with Gasteiger partial charge in [-0.1, -0.05) is 12.1 Å². The first-order chi connectivity index (χ1) is 12.7. The zero-order valence-corrected chi connectivity index (χ0v) is 16.6. The molecule has 2 rings (SSSR count). The van der Waals surface area contributed by atoms with Crippen molar-refractivity contribution >= 4 is 35.4 Å². The van der Waals surface area contributed by atoms with Gasteiger partial charge in [0, 0.05) is 42.2 Å². The van der Waals surface area contributed by atoms with E-state index in [1.165, 1.54) is 0 Å². The molecule has 8 heteroatoms. The fraction of sp³-hybridized carbons (Fsp3) is 0.526. The van der Waals surface area contributed by atoms with Crippen LogP contribution in [0, 0.1) is 0 Å². The van der Waals surface area contributed by atoms with Gasteiger partial charge in [-0.2, -0.15) is 11.8 Å². The molecule has 0 spiro atoms. The number of hydrogen-bond acceptors (Lipinski definition) is 4. The van der Waals surface area contributed by atoms with Crippen LogP contribution in [0.3, 0.4) is 0 Å².